The van der Waals surface area contributed by atoms with Gasteiger partial charge in [0.15, 0.2) is 0 Å². The number of fused-ring (bicyclic) bond motifs is 7. The molecule has 0 aromatic carbocycles. The fourth-order valence-corrected chi connectivity index (χ4v) is 11.0. The molecule has 3 N–H and O–H groups in total. The second-order valence-electron chi connectivity index (χ2n) is 14.6. The molecule has 4 nitrogen and oxygen atoms in total. The van der Waals surface area contributed by atoms with E-state index in [1.54, 1.807) is 0 Å². The third-order valence-corrected chi connectivity index (χ3v) is 13.4. The minimum absolute atomic E-state index is 0.00993. The molecule has 0 aliphatic heterocycles. The quantitative estimate of drug-likeness (QED) is 0.405. The van der Waals surface area contributed by atoms with Gasteiger partial charge < -0.3 is 15.3 Å². The number of carboxylic acid groups (broad SMARTS) is 1. The van der Waals surface area contributed by atoms with Crippen LogP contribution in [-0.2, 0) is 4.79 Å². The molecule has 0 aromatic heterocycles. The van der Waals surface area contributed by atoms with Crippen molar-refractivity contribution >= 4 is 5.97 Å². The molecular formula is C30H48O4. The Morgan fingerprint density at radius 2 is 1.62 bits per heavy atom. The summed E-state index contributed by atoms with van der Waals surface area (Å²) >= 11 is 0. The van der Waals surface area contributed by atoms with Crippen molar-refractivity contribution in [3.05, 3.63) is 11.6 Å². The topological polar surface area (TPSA) is 77.8 Å². The zero-order chi connectivity index (χ0) is 25.1. The summed E-state index contributed by atoms with van der Waals surface area (Å²) in [4.78, 5) is 12.8. The Morgan fingerprint density at radius 1 is 0.941 bits per heavy atom. The molecular weight excluding hydrogens is 424 g/mol. The molecule has 4 fully saturated rings. The van der Waals surface area contributed by atoms with Gasteiger partial charge in [0.1, 0.15) is 0 Å². The molecule has 0 amide bonds. The summed E-state index contributed by atoms with van der Waals surface area (Å²) in [7, 11) is 0. The van der Waals surface area contributed by atoms with E-state index in [-0.39, 0.29) is 27.6 Å². The molecule has 0 aromatic rings. The van der Waals surface area contributed by atoms with E-state index in [1.807, 2.05) is 0 Å². The van der Waals surface area contributed by atoms with Gasteiger partial charge in [-0.3, -0.25) is 4.79 Å². The molecule has 5 aliphatic carbocycles. The van der Waals surface area contributed by atoms with Crippen molar-refractivity contribution in [1.29, 1.82) is 0 Å². The number of aliphatic hydroxyl groups is 2. The van der Waals surface area contributed by atoms with Gasteiger partial charge in [0, 0.05) is 0 Å². The number of aliphatic carboxylic acids is 1. The van der Waals surface area contributed by atoms with Crippen LogP contribution in [0.2, 0.25) is 0 Å². The maximum absolute atomic E-state index is 12.8. The van der Waals surface area contributed by atoms with Crippen LogP contribution in [0.25, 0.3) is 0 Å². The minimum atomic E-state index is -0.679. The second kappa shape index (κ2) is 7.34. The van der Waals surface area contributed by atoms with Gasteiger partial charge in [0.05, 0.1) is 17.6 Å². The highest BCUT2D eigenvalue weighted by Crippen LogP contribution is 2.75. The molecule has 5 aliphatic rings. The molecule has 0 radical (unpaired) electrons. The molecule has 0 heterocycles. The maximum Gasteiger partial charge on any atom is 0.310 e. The van der Waals surface area contributed by atoms with Crippen molar-refractivity contribution in [2.45, 2.75) is 112 Å². The SMILES string of the molecule is C[C@@H]1[C@H]2C3=CC[C@@H]4[C@@]5(C)C[C@@H](O)[C@@H](O)C(C)(C)[C@@H]5CC[C@@]4(C)[C@]3(C)CC[C@@]2(C(=O)O)CC[C@@H]1C. The van der Waals surface area contributed by atoms with E-state index in [4.69, 9.17) is 0 Å². The Labute approximate surface area is 206 Å². The molecule has 4 heteroatoms. The van der Waals surface area contributed by atoms with E-state index < -0.39 is 23.6 Å². The van der Waals surface area contributed by atoms with Crippen LogP contribution in [0.15, 0.2) is 11.6 Å². The number of hydrogen-bond donors (Lipinski definition) is 3. The molecule has 0 saturated heterocycles. The Balaban J connectivity index is 1.62. The summed E-state index contributed by atoms with van der Waals surface area (Å²) in [5, 5.41) is 32.4. The van der Waals surface area contributed by atoms with Crippen LogP contribution < -0.4 is 0 Å². The van der Waals surface area contributed by atoms with Gasteiger partial charge >= 0.3 is 5.97 Å². The molecule has 0 unspecified atom stereocenters. The van der Waals surface area contributed by atoms with Gasteiger partial charge in [0.2, 0.25) is 0 Å². The smallest absolute Gasteiger partial charge is 0.310 e. The number of carbonyl (C=O) groups is 1. The van der Waals surface area contributed by atoms with Crippen molar-refractivity contribution in [3.63, 3.8) is 0 Å². The lowest BCUT2D eigenvalue weighted by molar-refractivity contribution is -0.232. The summed E-state index contributed by atoms with van der Waals surface area (Å²) in [6, 6.07) is 0. The monoisotopic (exact) mass is 472 g/mol. The lowest BCUT2D eigenvalue weighted by atomic mass is 9.33. The van der Waals surface area contributed by atoms with E-state index in [0.29, 0.717) is 30.1 Å². The first-order valence-electron chi connectivity index (χ1n) is 14.0. The molecule has 34 heavy (non-hydrogen) atoms. The Kier molecular flexibility index (Phi) is 5.36. The number of allylic oxidation sites excluding steroid dienone is 2. The minimum Gasteiger partial charge on any atom is -0.481 e. The Bertz CT molecular complexity index is 907. The summed E-state index contributed by atoms with van der Waals surface area (Å²) in [6.45, 7) is 16.3. The fourth-order valence-electron chi connectivity index (χ4n) is 11.0. The van der Waals surface area contributed by atoms with Crippen LogP contribution in [0.5, 0.6) is 0 Å². The van der Waals surface area contributed by atoms with Crippen LogP contribution in [0.3, 0.4) is 0 Å². The first-order chi connectivity index (χ1) is 15.7. The largest absolute Gasteiger partial charge is 0.481 e. The zero-order valence-corrected chi connectivity index (χ0v) is 22.5. The standard InChI is InChI=1S/C30H48O4/c1-17-10-13-30(25(33)34)15-14-28(6)19(23(30)18(17)2)8-9-22-27(5)16-20(31)24(32)26(3,4)21(27)11-12-29(22,28)7/h8,17-18,20-24,31-32H,9-16H2,1-7H3,(H,33,34)/t17-,18-,20+,21-,22+,23-,24+,27-,28+,29+,30-/m0/s1. The van der Waals surface area contributed by atoms with Crippen molar-refractivity contribution < 1.29 is 20.1 Å². The van der Waals surface area contributed by atoms with Gasteiger partial charge in [-0.1, -0.05) is 60.1 Å². The van der Waals surface area contributed by atoms with Crippen molar-refractivity contribution in [2.75, 3.05) is 0 Å². The Morgan fingerprint density at radius 3 is 2.26 bits per heavy atom. The van der Waals surface area contributed by atoms with Crippen LogP contribution in [0.1, 0.15) is 99.8 Å². The summed E-state index contributed by atoms with van der Waals surface area (Å²) < 4.78 is 0. The van der Waals surface area contributed by atoms with E-state index in [2.05, 4.69) is 54.5 Å². The highest BCUT2D eigenvalue weighted by molar-refractivity contribution is 5.76. The molecule has 11 atom stereocenters. The third kappa shape index (κ3) is 2.76. The second-order valence-corrected chi connectivity index (χ2v) is 14.6. The average Bonchev–Trinajstić information content (AvgIpc) is 2.75. The van der Waals surface area contributed by atoms with Crippen LogP contribution >= 0.6 is 0 Å². The highest BCUT2D eigenvalue weighted by Gasteiger charge is 2.70. The van der Waals surface area contributed by atoms with Gasteiger partial charge in [0.25, 0.3) is 0 Å². The average molecular weight is 473 g/mol. The van der Waals surface area contributed by atoms with Gasteiger partial charge in [-0.15, -0.1) is 0 Å². The van der Waals surface area contributed by atoms with E-state index in [9.17, 15) is 20.1 Å². The first kappa shape index (κ1) is 24.8. The summed E-state index contributed by atoms with van der Waals surface area (Å²) in [6.07, 6.45) is 8.53. The summed E-state index contributed by atoms with van der Waals surface area (Å²) in [5.74, 6) is 1.30. The molecule has 5 rings (SSSR count). The van der Waals surface area contributed by atoms with Crippen molar-refractivity contribution in [2.24, 2.45) is 56.7 Å². The van der Waals surface area contributed by atoms with Gasteiger partial charge in [-0.25, -0.2) is 0 Å². The molecule has 192 valence electrons. The van der Waals surface area contributed by atoms with E-state index in [1.165, 1.54) is 5.57 Å². The van der Waals surface area contributed by atoms with E-state index >= 15 is 0 Å². The third-order valence-electron chi connectivity index (χ3n) is 13.4. The van der Waals surface area contributed by atoms with Gasteiger partial charge in [-0.2, -0.15) is 0 Å². The van der Waals surface area contributed by atoms with E-state index in [0.717, 1.165) is 44.9 Å². The van der Waals surface area contributed by atoms with Crippen LogP contribution in [0, 0.1) is 56.7 Å². The van der Waals surface area contributed by atoms with Crippen LogP contribution in [-0.4, -0.2) is 33.5 Å². The van der Waals surface area contributed by atoms with Gasteiger partial charge in [-0.05, 0) is 103 Å². The lowest BCUT2D eigenvalue weighted by Crippen LogP contribution is -2.67. The number of carboxylic acids is 1. The number of hydrogen-bond acceptors (Lipinski definition) is 3. The predicted molar refractivity (Wildman–Crippen MR) is 134 cm³/mol. The predicted octanol–water partition coefficient (Wildman–Crippen LogP) is 6.06. The lowest BCUT2D eigenvalue weighted by Gasteiger charge is -2.71. The maximum atomic E-state index is 12.8. The summed E-state index contributed by atoms with van der Waals surface area (Å²) in [5.41, 5.74) is 0.574. The normalized spacial score (nSPS) is 56.3. The van der Waals surface area contributed by atoms with Crippen molar-refractivity contribution in [3.8, 4) is 0 Å². The molecule has 0 spiro atoms. The fraction of sp³-hybridized carbons (Fsp3) is 0.900. The number of aliphatic hydroxyl groups excluding tert-OH is 2. The molecule has 0 bridgehead atoms. The first-order valence-corrected chi connectivity index (χ1v) is 14.0. The Hall–Kier alpha value is -0.870. The highest BCUT2D eigenvalue weighted by atomic mass is 16.4. The number of rotatable bonds is 1. The van der Waals surface area contributed by atoms with Crippen LogP contribution in [0.4, 0.5) is 0 Å². The van der Waals surface area contributed by atoms with Crippen molar-refractivity contribution in [1.82, 2.24) is 0 Å². The molecule has 4 saturated carbocycles. The zero-order valence-electron chi connectivity index (χ0n) is 22.5.